The first-order valence-corrected chi connectivity index (χ1v) is 9.45. The van der Waals surface area contributed by atoms with E-state index in [1.54, 1.807) is 0 Å². The number of hydrogen-bond acceptors (Lipinski definition) is 4. The SMILES string of the molecule is O=C(O)[C@H](C(=O)OCC1c2ccccc2-c2ccccc21)[C@@H]1CCCNC1. The molecule has 1 saturated heterocycles. The van der Waals surface area contributed by atoms with Gasteiger partial charge in [0.15, 0.2) is 5.92 Å². The van der Waals surface area contributed by atoms with Crippen LogP contribution in [0.25, 0.3) is 11.1 Å². The first-order valence-electron chi connectivity index (χ1n) is 9.45. The fraction of sp³-hybridized carbons (Fsp3) is 0.364. The molecule has 0 saturated carbocycles. The molecule has 2 atom stereocenters. The van der Waals surface area contributed by atoms with Gasteiger partial charge in [-0.15, -0.1) is 0 Å². The maximum atomic E-state index is 12.6. The monoisotopic (exact) mass is 365 g/mol. The van der Waals surface area contributed by atoms with Crippen LogP contribution in [0.5, 0.6) is 0 Å². The van der Waals surface area contributed by atoms with Gasteiger partial charge >= 0.3 is 11.9 Å². The molecule has 1 aliphatic heterocycles. The third kappa shape index (κ3) is 3.35. The third-order valence-corrected chi connectivity index (χ3v) is 5.68. The zero-order valence-corrected chi connectivity index (χ0v) is 15.1. The van der Waals surface area contributed by atoms with Gasteiger partial charge in [-0.1, -0.05) is 48.5 Å². The molecule has 2 aromatic rings. The number of rotatable bonds is 5. The van der Waals surface area contributed by atoms with Gasteiger partial charge in [-0.25, -0.2) is 0 Å². The highest BCUT2D eigenvalue weighted by atomic mass is 16.5. The number of carbonyl (C=O) groups is 2. The molecule has 5 nitrogen and oxygen atoms in total. The van der Waals surface area contributed by atoms with Crippen molar-refractivity contribution in [1.82, 2.24) is 5.32 Å². The molecule has 2 N–H and O–H groups in total. The van der Waals surface area contributed by atoms with Crippen molar-refractivity contribution in [3.05, 3.63) is 59.7 Å². The number of ether oxygens (including phenoxy) is 1. The van der Waals surface area contributed by atoms with Gasteiger partial charge in [-0.05, 0) is 54.1 Å². The van der Waals surface area contributed by atoms with Crippen molar-refractivity contribution in [1.29, 1.82) is 0 Å². The summed E-state index contributed by atoms with van der Waals surface area (Å²) < 4.78 is 5.57. The lowest BCUT2D eigenvalue weighted by molar-refractivity contribution is -0.162. The molecule has 0 spiro atoms. The number of piperidine rings is 1. The quantitative estimate of drug-likeness (QED) is 0.629. The van der Waals surface area contributed by atoms with Crippen LogP contribution in [0.2, 0.25) is 0 Å². The Labute approximate surface area is 158 Å². The Bertz CT molecular complexity index is 811. The summed E-state index contributed by atoms with van der Waals surface area (Å²) in [6, 6.07) is 16.2. The van der Waals surface area contributed by atoms with Crippen LogP contribution in [0.1, 0.15) is 29.9 Å². The number of fused-ring (bicyclic) bond motifs is 3. The first-order chi connectivity index (χ1) is 13.2. The predicted octanol–water partition coefficient (Wildman–Crippen LogP) is 3.04. The Morgan fingerprint density at radius 3 is 2.26 bits per heavy atom. The zero-order chi connectivity index (χ0) is 18.8. The van der Waals surface area contributed by atoms with Crippen molar-refractivity contribution in [2.45, 2.75) is 18.8 Å². The smallest absolute Gasteiger partial charge is 0.320 e. The molecule has 0 bridgehead atoms. The molecule has 0 unspecified atom stereocenters. The Morgan fingerprint density at radius 1 is 1.07 bits per heavy atom. The molecule has 4 rings (SSSR count). The lowest BCUT2D eigenvalue weighted by Gasteiger charge is -2.27. The van der Waals surface area contributed by atoms with Crippen molar-refractivity contribution in [3.63, 3.8) is 0 Å². The Balaban J connectivity index is 1.52. The van der Waals surface area contributed by atoms with Crippen molar-refractivity contribution in [2.75, 3.05) is 19.7 Å². The number of nitrogens with one attached hydrogen (secondary N) is 1. The van der Waals surface area contributed by atoms with Crippen LogP contribution in [0.3, 0.4) is 0 Å². The molecule has 140 valence electrons. The summed E-state index contributed by atoms with van der Waals surface area (Å²) in [5.41, 5.74) is 4.55. The summed E-state index contributed by atoms with van der Waals surface area (Å²) in [5.74, 6) is -3.10. The Morgan fingerprint density at radius 2 is 1.70 bits per heavy atom. The van der Waals surface area contributed by atoms with Gasteiger partial charge < -0.3 is 15.2 Å². The van der Waals surface area contributed by atoms with E-state index >= 15 is 0 Å². The van der Waals surface area contributed by atoms with E-state index in [0.29, 0.717) is 6.54 Å². The molecule has 27 heavy (non-hydrogen) atoms. The average molecular weight is 365 g/mol. The Kier molecular flexibility index (Phi) is 4.94. The van der Waals surface area contributed by atoms with Gasteiger partial charge in [0.25, 0.3) is 0 Å². The van der Waals surface area contributed by atoms with Crippen molar-refractivity contribution in [2.24, 2.45) is 11.8 Å². The summed E-state index contributed by atoms with van der Waals surface area (Å²) in [5, 5.41) is 12.8. The van der Waals surface area contributed by atoms with E-state index in [1.807, 2.05) is 36.4 Å². The third-order valence-electron chi connectivity index (χ3n) is 5.68. The van der Waals surface area contributed by atoms with Gasteiger partial charge in [-0.3, -0.25) is 9.59 Å². The second kappa shape index (κ2) is 7.53. The number of carboxylic acids is 1. The molecule has 0 amide bonds. The van der Waals surface area contributed by atoms with E-state index in [9.17, 15) is 14.7 Å². The van der Waals surface area contributed by atoms with Gasteiger partial charge in [-0.2, -0.15) is 0 Å². The van der Waals surface area contributed by atoms with Crippen LogP contribution in [0.15, 0.2) is 48.5 Å². The van der Waals surface area contributed by atoms with E-state index < -0.39 is 17.9 Å². The van der Waals surface area contributed by atoms with Crippen LogP contribution in [0, 0.1) is 11.8 Å². The molecular weight excluding hydrogens is 342 g/mol. The van der Waals surface area contributed by atoms with Gasteiger partial charge in [0.05, 0.1) is 0 Å². The van der Waals surface area contributed by atoms with Crippen molar-refractivity contribution < 1.29 is 19.4 Å². The van der Waals surface area contributed by atoms with Crippen LogP contribution in [-0.4, -0.2) is 36.7 Å². The second-order valence-corrected chi connectivity index (χ2v) is 7.28. The lowest BCUT2D eigenvalue weighted by atomic mass is 9.86. The number of carbonyl (C=O) groups excluding carboxylic acids is 1. The summed E-state index contributed by atoms with van der Waals surface area (Å²) >= 11 is 0. The van der Waals surface area contributed by atoms with E-state index in [4.69, 9.17) is 4.74 Å². The van der Waals surface area contributed by atoms with Gasteiger partial charge in [0.2, 0.25) is 0 Å². The molecule has 1 heterocycles. The van der Waals surface area contributed by atoms with Crippen LogP contribution in [0.4, 0.5) is 0 Å². The number of carboxylic acid groups (broad SMARTS) is 1. The van der Waals surface area contributed by atoms with E-state index in [2.05, 4.69) is 17.4 Å². The van der Waals surface area contributed by atoms with Crippen LogP contribution in [-0.2, 0) is 14.3 Å². The summed E-state index contributed by atoms with van der Waals surface area (Å²) in [6.07, 6.45) is 1.61. The second-order valence-electron chi connectivity index (χ2n) is 7.28. The van der Waals surface area contributed by atoms with E-state index in [1.165, 1.54) is 0 Å². The number of esters is 1. The minimum atomic E-state index is -1.11. The van der Waals surface area contributed by atoms with E-state index in [0.717, 1.165) is 41.6 Å². The fourth-order valence-corrected chi connectivity index (χ4v) is 4.35. The maximum Gasteiger partial charge on any atom is 0.320 e. The minimum Gasteiger partial charge on any atom is -0.481 e. The van der Waals surface area contributed by atoms with E-state index in [-0.39, 0.29) is 18.4 Å². The first kappa shape index (κ1) is 17.7. The minimum absolute atomic E-state index is 0.0553. The molecule has 2 aliphatic rings. The summed E-state index contributed by atoms with van der Waals surface area (Å²) in [4.78, 5) is 24.3. The molecule has 5 heteroatoms. The van der Waals surface area contributed by atoms with Crippen molar-refractivity contribution in [3.8, 4) is 11.1 Å². The highest BCUT2D eigenvalue weighted by Gasteiger charge is 2.38. The molecule has 2 aromatic carbocycles. The molecule has 0 aromatic heterocycles. The standard InChI is InChI=1S/C22H23NO4/c24-21(25)20(14-6-5-11-23-12-14)22(26)27-13-19-17-9-3-1-7-15(17)16-8-2-4-10-18(16)19/h1-4,7-10,14,19-20,23H,5-6,11-13H2,(H,24,25)/t14-,20-/m1/s1. The van der Waals surface area contributed by atoms with Crippen LogP contribution >= 0.6 is 0 Å². The summed E-state index contributed by atoms with van der Waals surface area (Å²) in [6.45, 7) is 1.57. The number of hydrogen-bond donors (Lipinski definition) is 2. The highest BCUT2D eigenvalue weighted by Crippen LogP contribution is 2.44. The average Bonchev–Trinajstić information content (AvgIpc) is 3.01. The number of benzene rings is 2. The van der Waals surface area contributed by atoms with Gasteiger partial charge in [0, 0.05) is 5.92 Å². The molecular formula is C22H23NO4. The zero-order valence-electron chi connectivity index (χ0n) is 15.1. The molecule has 1 aliphatic carbocycles. The topological polar surface area (TPSA) is 75.6 Å². The number of aliphatic carboxylic acids is 1. The Hall–Kier alpha value is -2.66. The van der Waals surface area contributed by atoms with Crippen molar-refractivity contribution >= 4 is 11.9 Å². The molecule has 0 radical (unpaired) electrons. The lowest BCUT2D eigenvalue weighted by Crippen LogP contribution is -2.41. The highest BCUT2D eigenvalue weighted by molar-refractivity contribution is 5.94. The fourth-order valence-electron chi connectivity index (χ4n) is 4.35. The van der Waals surface area contributed by atoms with Gasteiger partial charge in [0.1, 0.15) is 6.61 Å². The maximum absolute atomic E-state index is 12.6. The van der Waals surface area contributed by atoms with Crippen LogP contribution < -0.4 is 5.32 Å². The predicted molar refractivity (Wildman–Crippen MR) is 101 cm³/mol. The summed E-state index contributed by atoms with van der Waals surface area (Å²) in [7, 11) is 0. The molecule has 1 fully saturated rings. The largest absolute Gasteiger partial charge is 0.481 e. The normalized spacial score (nSPS) is 19.8.